The Hall–Kier alpha value is -1.10. The molecule has 1 aromatic carbocycles. The van der Waals surface area contributed by atoms with Crippen LogP contribution in [0.1, 0.15) is 30.0 Å². The van der Waals surface area contributed by atoms with Gasteiger partial charge in [-0.2, -0.15) is 0 Å². The lowest BCUT2D eigenvalue weighted by molar-refractivity contribution is 0.210. The minimum atomic E-state index is 0.0995. The van der Waals surface area contributed by atoms with Crippen molar-refractivity contribution in [3.63, 3.8) is 0 Å². The molecule has 0 aliphatic heterocycles. The molecule has 20 heavy (non-hydrogen) atoms. The van der Waals surface area contributed by atoms with Gasteiger partial charge in [0.25, 0.3) is 0 Å². The molecule has 1 unspecified atom stereocenters. The van der Waals surface area contributed by atoms with Crippen molar-refractivity contribution < 1.29 is 4.42 Å². The van der Waals surface area contributed by atoms with Gasteiger partial charge in [0.1, 0.15) is 11.5 Å². The van der Waals surface area contributed by atoms with Gasteiger partial charge in [0.15, 0.2) is 0 Å². The van der Waals surface area contributed by atoms with E-state index in [0.717, 1.165) is 29.0 Å². The predicted octanol–water partition coefficient (Wildman–Crippen LogP) is 3.74. The van der Waals surface area contributed by atoms with Crippen molar-refractivity contribution in [3.05, 3.63) is 58.0 Å². The van der Waals surface area contributed by atoms with Crippen LogP contribution < -0.4 is 5.73 Å². The van der Waals surface area contributed by atoms with Gasteiger partial charge >= 0.3 is 0 Å². The van der Waals surface area contributed by atoms with E-state index in [0.29, 0.717) is 6.54 Å². The highest BCUT2D eigenvalue weighted by molar-refractivity contribution is 9.10. The zero-order valence-corrected chi connectivity index (χ0v) is 13.6. The largest absolute Gasteiger partial charge is 0.464 e. The molecule has 0 aliphatic carbocycles. The molecule has 0 spiro atoms. The van der Waals surface area contributed by atoms with Crippen LogP contribution >= 0.6 is 15.9 Å². The Labute approximate surface area is 128 Å². The number of furan rings is 1. The standard InChI is InChI=1S/C16H21BrN2O/c1-3-13-8-9-16(20-13)15(10-18)19(2)11-12-6-4-5-7-14(12)17/h4-9,15H,3,10-11,18H2,1-2H3. The second-order valence-corrected chi connectivity index (χ2v) is 5.77. The van der Waals surface area contributed by atoms with Crippen molar-refractivity contribution in [2.24, 2.45) is 5.73 Å². The number of hydrogen-bond acceptors (Lipinski definition) is 3. The molecule has 0 saturated heterocycles. The van der Waals surface area contributed by atoms with Gasteiger partial charge in [0, 0.05) is 24.0 Å². The van der Waals surface area contributed by atoms with Crippen LogP contribution in [0.5, 0.6) is 0 Å². The lowest BCUT2D eigenvalue weighted by atomic mass is 10.1. The van der Waals surface area contributed by atoms with Crippen LogP contribution in [0, 0.1) is 0 Å². The summed E-state index contributed by atoms with van der Waals surface area (Å²) in [6, 6.07) is 12.4. The third-order valence-electron chi connectivity index (χ3n) is 3.49. The average molecular weight is 337 g/mol. The number of nitrogens with zero attached hydrogens (tertiary/aromatic N) is 1. The topological polar surface area (TPSA) is 42.4 Å². The van der Waals surface area contributed by atoms with Crippen LogP contribution in [0.25, 0.3) is 0 Å². The molecule has 0 saturated carbocycles. The zero-order chi connectivity index (χ0) is 14.5. The van der Waals surface area contributed by atoms with Crippen LogP contribution in [-0.4, -0.2) is 18.5 Å². The van der Waals surface area contributed by atoms with Crippen LogP contribution in [0.2, 0.25) is 0 Å². The van der Waals surface area contributed by atoms with E-state index >= 15 is 0 Å². The predicted molar refractivity (Wildman–Crippen MR) is 85.5 cm³/mol. The third-order valence-corrected chi connectivity index (χ3v) is 4.27. The van der Waals surface area contributed by atoms with E-state index in [2.05, 4.69) is 46.9 Å². The molecule has 1 atom stereocenters. The van der Waals surface area contributed by atoms with E-state index in [4.69, 9.17) is 10.2 Å². The maximum absolute atomic E-state index is 5.93. The van der Waals surface area contributed by atoms with Gasteiger partial charge in [-0.3, -0.25) is 4.90 Å². The number of benzene rings is 1. The molecular weight excluding hydrogens is 316 g/mol. The molecular formula is C16H21BrN2O. The maximum atomic E-state index is 5.93. The number of likely N-dealkylation sites (N-methyl/N-ethyl adjacent to an activating group) is 1. The Kier molecular flexibility index (Phi) is 5.40. The Morgan fingerprint density at radius 3 is 2.60 bits per heavy atom. The summed E-state index contributed by atoms with van der Waals surface area (Å²) in [6.07, 6.45) is 0.908. The van der Waals surface area contributed by atoms with Crippen molar-refractivity contribution in [1.29, 1.82) is 0 Å². The summed E-state index contributed by atoms with van der Waals surface area (Å²) < 4.78 is 6.96. The van der Waals surface area contributed by atoms with Crippen LogP contribution in [0.15, 0.2) is 45.3 Å². The van der Waals surface area contributed by atoms with Gasteiger partial charge in [-0.05, 0) is 30.8 Å². The summed E-state index contributed by atoms with van der Waals surface area (Å²) in [6.45, 7) is 3.45. The SMILES string of the molecule is CCc1ccc(C(CN)N(C)Cc2ccccc2Br)o1. The molecule has 0 aliphatic rings. The molecule has 2 aromatic rings. The third kappa shape index (κ3) is 3.51. The molecule has 108 valence electrons. The summed E-state index contributed by atoms with van der Waals surface area (Å²) in [7, 11) is 2.07. The van der Waals surface area contributed by atoms with E-state index < -0.39 is 0 Å². The fourth-order valence-electron chi connectivity index (χ4n) is 2.28. The highest BCUT2D eigenvalue weighted by atomic mass is 79.9. The molecule has 0 fully saturated rings. The quantitative estimate of drug-likeness (QED) is 0.873. The Morgan fingerprint density at radius 2 is 2.00 bits per heavy atom. The number of halogens is 1. The maximum Gasteiger partial charge on any atom is 0.122 e. The summed E-state index contributed by atoms with van der Waals surface area (Å²) in [5, 5.41) is 0. The highest BCUT2D eigenvalue weighted by Crippen LogP contribution is 2.25. The van der Waals surface area contributed by atoms with Crippen molar-refractivity contribution in [2.45, 2.75) is 25.9 Å². The van der Waals surface area contributed by atoms with Gasteiger partial charge in [-0.25, -0.2) is 0 Å². The zero-order valence-electron chi connectivity index (χ0n) is 12.0. The minimum absolute atomic E-state index is 0.0995. The molecule has 3 nitrogen and oxygen atoms in total. The fraction of sp³-hybridized carbons (Fsp3) is 0.375. The van der Waals surface area contributed by atoms with Crippen molar-refractivity contribution in [3.8, 4) is 0 Å². The summed E-state index contributed by atoms with van der Waals surface area (Å²) in [5.74, 6) is 1.95. The molecule has 1 heterocycles. The molecule has 0 radical (unpaired) electrons. The van der Waals surface area contributed by atoms with Crippen molar-refractivity contribution in [1.82, 2.24) is 4.90 Å². The van der Waals surface area contributed by atoms with Crippen LogP contribution in [-0.2, 0) is 13.0 Å². The molecule has 0 bridgehead atoms. The number of rotatable bonds is 6. The highest BCUT2D eigenvalue weighted by Gasteiger charge is 2.19. The van der Waals surface area contributed by atoms with E-state index in [1.807, 2.05) is 24.3 Å². The van der Waals surface area contributed by atoms with Crippen LogP contribution in [0.3, 0.4) is 0 Å². The average Bonchev–Trinajstić information content (AvgIpc) is 2.91. The second kappa shape index (κ2) is 7.07. The van der Waals surface area contributed by atoms with E-state index in [-0.39, 0.29) is 6.04 Å². The monoisotopic (exact) mass is 336 g/mol. The summed E-state index contributed by atoms with van der Waals surface area (Å²) >= 11 is 3.59. The molecule has 0 amide bonds. The number of aryl methyl sites for hydroxylation is 1. The first-order valence-corrected chi connectivity index (χ1v) is 7.67. The van der Waals surface area contributed by atoms with Gasteiger partial charge in [-0.1, -0.05) is 41.1 Å². The minimum Gasteiger partial charge on any atom is -0.464 e. The van der Waals surface area contributed by atoms with Gasteiger partial charge in [-0.15, -0.1) is 0 Å². The Balaban J connectivity index is 2.13. The van der Waals surface area contributed by atoms with E-state index in [1.165, 1.54) is 5.56 Å². The van der Waals surface area contributed by atoms with Crippen molar-refractivity contribution in [2.75, 3.05) is 13.6 Å². The Bertz CT molecular complexity index is 553. The van der Waals surface area contributed by atoms with Crippen LogP contribution in [0.4, 0.5) is 0 Å². The van der Waals surface area contributed by atoms with Gasteiger partial charge in [0.05, 0.1) is 6.04 Å². The number of nitrogens with two attached hydrogens (primary N) is 1. The lowest BCUT2D eigenvalue weighted by Crippen LogP contribution is -2.30. The fourth-order valence-corrected chi connectivity index (χ4v) is 2.69. The van der Waals surface area contributed by atoms with Gasteiger partial charge < -0.3 is 10.2 Å². The molecule has 1 aromatic heterocycles. The Morgan fingerprint density at radius 1 is 1.25 bits per heavy atom. The number of hydrogen-bond donors (Lipinski definition) is 1. The second-order valence-electron chi connectivity index (χ2n) is 4.92. The molecule has 2 rings (SSSR count). The summed E-state index contributed by atoms with van der Waals surface area (Å²) in [5.41, 5.74) is 7.18. The normalized spacial score (nSPS) is 12.8. The lowest BCUT2D eigenvalue weighted by Gasteiger charge is -2.25. The first-order chi connectivity index (χ1) is 9.65. The first-order valence-electron chi connectivity index (χ1n) is 6.88. The van der Waals surface area contributed by atoms with Gasteiger partial charge in [0.2, 0.25) is 0 Å². The van der Waals surface area contributed by atoms with E-state index in [9.17, 15) is 0 Å². The first kappa shape index (κ1) is 15.3. The summed E-state index contributed by atoms with van der Waals surface area (Å²) in [4.78, 5) is 2.22. The van der Waals surface area contributed by atoms with E-state index in [1.54, 1.807) is 0 Å². The molecule has 4 heteroatoms. The van der Waals surface area contributed by atoms with Crippen molar-refractivity contribution >= 4 is 15.9 Å². The molecule has 2 N–H and O–H groups in total. The smallest absolute Gasteiger partial charge is 0.122 e.